The minimum atomic E-state index is -0.933. The average Bonchev–Trinajstić information content (AvgIpc) is 2.37. The second kappa shape index (κ2) is 6.57. The molecule has 0 bridgehead atoms. The van der Waals surface area contributed by atoms with Crippen molar-refractivity contribution in [3.05, 3.63) is 65.5 Å². The van der Waals surface area contributed by atoms with E-state index >= 15 is 0 Å². The number of hydrogen-bond donors (Lipinski definition) is 0. The van der Waals surface area contributed by atoms with Crippen molar-refractivity contribution in [2.75, 3.05) is 0 Å². The summed E-state index contributed by atoms with van der Waals surface area (Å²) in [5.74, 6) is -2.63. The number of rotatable bonds is 4. The monoisotopic (exact) mass is 291 g/mol. The van der Waals surface area contributed by atoms with Gasteiger partial charge in [-0.15, -0.1) is 0 Å². The first-order valence-electron chi connectivity index (χ1n) is 6.75. The van der Waals surface area contributed by atoms with Gasteiger partial charge in [-0.05, 0) is 24.5 Å². The van der Waals surface area contributed by atoms with Crippen LogP contribution in [0.1, 0.15) is 25.8 Å². The summed E-state index contributed by atoms with van der Waals surface area (Å²) in [7, 11) is 0. The first-order valence-corrected chi connectivity index (χ1v) is 6.75. The molecule has 2 aromatic carbocycles. The highest BCUT2D eigenvalue weighted by Gasteiger charge is 2.18. The lowest BCUT2D eigenvalue weighted by molar-refractivity contribution is 0.538. The van der Waals surface area contributed by atoms with Crippen molar-refractivity contribution in [1.82, 2.24) is 0 Å². The van der Waals surface area contributed by atoms with Gasteiger partial charge in [0.25, 0.3) is 0 Å². The van der Waals surface area contributed by atoms with Crippen LogP contribution in [0.2, 0.25) is 0 Å². The molecule has 2 rings (SSSR count). The van der Waals surface area contributed by atoms with Crippen LogP contribution in [0, 0.1) is 23.4 Å². The normalized spacial score (nSPS) is 12.0. The van der Waals surface area contributed by atoms with Crippen LogP contribution in [0.5, 0.6) is 0 Å². The highest BCUT2D eigenvalue weighted by atomic mass is 19.1. The Morgan fingerprint density at radius 3 is 2.10 bits per heavy atom. The maximum Gasteiger partial charge on any atom is 0.138 e. The van der Waals surface area contributed by atoms with Crippen molar-refractivity contribution in [2.45, 2.75) is 20.3 Å². The summed E-state index contributed by atoms with van der Waals surface area (Å²) in [5.41, 5.74) is 0.636. The molecule has 0 aliphatic carbocycles. The molecule has 0 radical (unpaired) electrons. The molecule has 0 amide bonds. The van der Waals surface area contributed by atoms with E-state index in [2.05, 4.69) is 4.99 Å². The Bertz CT molecular complexity index is 625. The SMILES string of the molecule is CC(C)CC(=Nc1ccccc1)c1c(F)cc(F)cc1F. The van der Waals surface area contributed by atoms with E-state index in [4.69, 9.17) is 0 Å². The van der Waals surface area contributed by atoms with Gasteiger partial charge in [-0.3, -0.25) is 4.99 Å². The standard InChI is InChI=1S/C17H16F3N/c1-11(2)8-16(21-13-6-4-3-5-7-13)17-14(19)9-12(18)10-15(17)20/h3-7,9-11H,8H2,1-2H3. The van der Waals surface area contributed by atoms with E-state index in [0.717, 1.165) is 0 Å². The molecule has 0 aliphatic rings. The van der Waals surface area contributed by atoms with Gasteiger partial charge in [-0.1, -0.05) is 32.0 Å². The van der Waals surface area contributed by atoms with Gasteiger partial charge in [0.15, 0.2) is 0 Å². The molecule has 0 unspecified atom stereocenters. The Balaban J connectivity index is 2.54. The fourth-order valence-electron chi connectivity index (χ4n) is 2.07. The van der Waals surface area contributed by atoms with E-state index in [1.807, 2.05) is 19.9 Å². The summed E-state index contributed by atoms with van der Waals surface area (Å²) in [6, 6.07) is 10.3. The predicted octanol–water partition coefficient (Wildman–Crippen LogP) is 5.27. The number of para-hydroxylation sites is 1. The fourth-order valence-corrected chi connectivity index (χ4v) is 2.07. The van der Waals surface area contributed by atoms with Gasteiger partial charge in [0.2, 0.25) is 0 Å². The highest BCUT2D eigenvalue weighted by molar-refractivity contribution is 6.02. The molecule has 0 N–H and O–H groups in total. The molecule has 0 spiro atoms. The summed E-state index contributed by atoms with van der Waals surface area (Å²) < 4.78 is 40.9. The first kappa shape index (κ1) is 15.3. The smallest absolute Gasteiger partial charge is 0.138 e. The minimum Gasteiger partial charge on any atom is -0.253 e. The van der Waals surface area contributed by atoms with E-state index in [-0.39, 0.29) is 17.2 Å². The zero-order chi connectivity index (χ0) is 15.4. The Hall–Kier alpha value is -2.10. The van der Waals surface area contributed by atoms with Crippen LogP contribution < -0.4 is 0 Å². The van der Waals surface area contributed by atoms with Gasteiger partial charge in [-0.25, -0.2) is 13.2 Å². The summed E-state index contributed by atoms with van der Waals surface area (Å²) in [4.78, 5) is 4.33. The lowest BCUT2D eigenvalue weighted by atomic mass is 9.99. The third-order valence-corrected chi connectivity index (χ3v) is 2.92. The van der Waals surface area contributed by atoms with Crippen molar-refractivity contribution < 1.29 is 13.2 Å². The van der Waals surface area contributed by atoms with Gasteiger partial charge in [0, 0.05) is 12.1 Å². The van der Waals surface area contributed by atoms with Gasteiger partial charge < -0.3 is 0 Å². The largest absolute Gasteiger partial charge is 0.253 e. The molecule has 0 fully saturated rings. The predicted molar refractivity (Wildman–Crippen MR) is 78.4 cm³/mol. The second-order valence-electron chi connectivity index (χ2n) is 5.24. The third-order valence-electron chi connectivity index (χ3n) is 2.92. The van der Waals surface area contributed by atoms with Gasteiger partial charge in [-0.2, -0.15) is 0 Å². The lowest BCUT2D eigenvalue weighted by Crippen LogP contribution is -2.11. The van der Waals surface area contributed by atoms with Crippen LogP contribution in [0.4, 0.5) is 18.9 Å². The molecule has 0 heterocycles. The summed E-state index contributed by atoms with van der Waals surface area (Å²) in [5, 5.41) is 0. The van der Waals surface area contributed by atoms with Gasteiger partial charge >= 0.3 is 0 Å². The summed E-state index contributed by atoms with van der Waals surface area (Å²) in [6.45, 7) is 3.86. The Kier molecular flexibility index (Phi) is 4.78. The summed E-state index contributed by atoms with van der Waals surface area (Å²) in [6.07, 6.45) is 0.397. The third kappa shape index (κ3) is 3.94. The van der Waals surface area contributed by atoms with Gasteiger partial charge in [0.1, 0.15) is 17.5 Å². The van der Waals surface area contributed by atoms with Crippen LogP contribution in [0.3, 0.4) is 0 Å². The number of hydrogen-bond acceptors (Lipinski definition) is 1. The van der Waals surface area contributed by atoms with Crippen LogP contribution >= 0.6 is 0 Å². The van der Waals surface area contributed by atoms with Crippen molar-refractivity contribution in [3.8, 4) is 0 Å². The maximum atomic E-state index is 14.0. The molecule has 0 aliphatic heterocycles. The number of halogens is 3. The molecule has 21 heavy (non-hydrogen) atoms. The quantitative estimate of drug-likeness (QED) is 0.680. The van der Waals surface area contributed by atoms with Crippen molar-refractivity contribution in [2.24, 2.45) is 10.9 Å². The van der Waals surface area contributed by atoms with Crippen LogP contribution in [-0.2, 0) is 0 Å². The lowest BCUT2D eigenvalue weighted by Gasteiger charge is -2.12. The molecule has 110 valence electrons. The highest BCUT2D eigenvalue weighted by Crippen LogP contribution is 2.22. The molecule has 1 nitrogen and oxygen atoms in total. The molecule has 2 aromatic rings. The van der Waals surface area contributed by atoms with Crippen LogP contribution in [0.15, 0.2) is 47.5 Å². The zero-order valence-corrected chi connectivity index (χ0v) is 11.9. The van der Waals surface area contributed by atoms with Crippen molar-refractivity contribution in [3.63, 3.8) is 0 Å². The molecule has 0 aromatic heterocycles. The van der Waals surface area contributed by atoms with E-state index < -0.39 is 17.5 Å². The Labute approximate surface area is 122 Å². The van der Waals surface area contributed by atoms with Crippen LogP contribution in [0.25, 0.3) is 0 Å². The summed E-state index contributed by atoms with van der Waals surface area (Å²) >= 11 is 0. The first-order chi connectivity index (χ1) is 9.97. The molecule has 4 heteroatoms. The average molecular weight is 291 g/mol. The van der Waals surface area contributed by atoms with Crippen LogP contribution in [-0.4, -0.2) is 5.71 Å². The molecule has 0 atom stereocenters. The van der Waals surface area contributed by atoms with E-state index in [0.29, 0.717) is 24.2 Å². The number of nitrogens with zero attached hydrogens (tertiary/aromatic N) is 1. The fraction of sp³-hybridized carbons (Fsp3) is 0.235. The molecular formula is C17H16F3N. The topological polar surface area (TPSA) is 12.4 Å². The minimum absolute atomic E-state index is 0.163. The number of aliphatic imine (C=N–C) groups is 1. The molecular weight excluding hydrogens is 275 g/mol. The van der Waals surface area contributed by atoms with Crippen molar-refractivity contribution >= 4 is 11.4 Å². The Morgan fingerprint density at radius 1 is 1.00 bits per heavy atom. The number of benzene rings is 2. The molecule has 0 saturated carbocycles. The van der Waals surface area contributed by atoms with E-state index in [1.54, 1.807) is 24.3 Å². The van der Waals surface area contributed by atoms with Gasteiger partial charge in [0.05, 0.1) is 17.0 Å². The molecule has 0 saturated heterocycles. The Morgan fingerprint density at radius 2 is 1.57 bits per heavy atom. The van der Waals surface area contributed by atoms with E-state index in [9.17, 15) is 13.2 Å². The van der Waals surface area contributed by atoms with Crippen molar-refractivity contribution in [1.29, 1.82) is 0 Å². The maximum absolute atomic E-state index is 14.0. The second-order valence-corrected chi connectivity index (χ2v) is 5.24. The van der Waals surface area contributed by atoms with E-state index in [1.165, 1.54) is 0 Å². The zero-order valence-electron chi connectivity index (χ0n) is 11.9.